The van der Waals surface area contributed by atoms with Crippen LogP contribution < -0.4 is 4.90 Å². The van der Waals surface area contributed by atoms with Crippen LogP contribution in [-0.2, 0) is 11.3 Å². The highest BCUT2D eigenvalue weighted by molar-refractivity contribution is 7.99. The van der Waals surface area contributed by atoms with Crippen LogP contribution in [0.2, 0.25) is 5.02 Å². The van der Waals surface area contributed by atoms with Gasteiger partial charge in [0.2, 0.25) is 5.91 Å². The Hall–Kier alpha value is -2.82. The number of thioether (sulfide) groups is 1. The molecule has 0 aliphatic heterocycles. The lowest BCUT2D eigenvalue weighted by atomic mass is 10.2. The van der Waals surface area contributed by atoms with Gasteiger partial charge in [-0.3, -0.25) is 4.79 Å². The number of amides is 1. The third-order valence-corrected chi connectivity index (χ3v) is 5.99. The van der Waals surface area contributed by atoms with E-state index in [1.165, 1.54) is 11.8 Å². The topological polar surface area (TPSA) is 74.8 Å². The molecule has 0 aliphatic rings. The van der Waals surface area contributed by atoms with Gasteiger partial charge in [0.25, 0.3) is 0 Å². The Kier molecular flexibility index (Phi) is 7.50. The Morgan fingerprint density at radius 1 is 1.20 bits per heavy atom. The number of halogens is 1. The number of aromatic nitrogens is 3. The van der Waals surface area contributed by atoms with Crippen molar-refractivity contribution >= 4 is 35.0 Å². The summed E-state index contributed by atoms with van der Waals surface area (Å²) >= 11 is 7.47. The van der Waals surface area contributed by atoms with Crippen LogP contribution in [0.1, 0.15) is 23.4 Å². The van der Waals surface area contributed by atoms with Gasteiger partial charge in [0, 0.05) is 17.3 Å². The Bertz CT molecular complexity index is 1060. The van der Waals surface area contributed by atoms with Gasteiger partial charge in [-0.05, 0) is 43.2 Å². The number of rotatable bonds is 8. The van der Waals surface area contributed by atoms with E-state index in [1.807, 2.05) is 54.8 Å². The van der Waals surface area contributed by atoms with Crippen LogP contribution in [-0.4, -0.2) is 33.0 Å². The Balaban J connectivity index is 1.74. The third-order valence-electron chi connectivity index (χ3n) is 4.61. The molecule has 0 saturated carbocycles. The van der Waals surface area contributed by atoms with Crippen LogP contribution in [0.25, 0.3) is 0 Å². The molecule has 2 aromatic carbocycles. The van der Waals surface area contributed by atoms with Crippen LogP contribution >= 0.6 is 23.4 Å². The van der Waals surface area contributed by atoms with Crippen LogP contribution in [0.15, 0.2) is 53.7 Å². The first kappa shape index (κ1) is 21.9. The number of nitrogens with zero attached hydrogens (tertiary/aromatic N) is 5. The summed E-state index contributed by atoms with van der Waals surface area (Å²) in [5.74, 6) is 0.896. The van der Waals surface area contributed by atoms with Crippen molar-refractivity contribution in [2.45, 2.75) is 32.0 Å². The lowest BCUT2D eigenvalue weighted by molar-refractivity contribution is -0.116. The predicted molar refractivity (Wildman–Crippen MR) is 120 cm³/mol. The highest BCUT2D eigenvalue weighted by Gasteiger charge is 2.19. The molecular weight excluding hydrogens is 418 g/mol. The van der Waals surface area contributed by atoms with Gasteiger partial charge < -0.3 is 9.47 Å². The molecule has 30 heavy (non-hydrogen) atoms. The molecule has 0 spiro atoms. The highest BCUT2D eigenvalue weighted by Crippen LogP contribution is 2.25. The Morgan fingerprint density at radius 3 is 2.67 bits per heavy atom. The number of carbonyl (C=O) groups excluding carboxylic acids is 1. The molecule has 0 N–H and O–H groups in total. The van der Waals surface area contributed by atoms with Crippen molar-refractivity contribution in [2.24, 2.45) is 0 Å². The van der Waals surface area contributed by atoms with Gasteiger partial charge in [-0.25, -0.2) is 0 Å². The zero-order valence-corrected chi connectivity index (χ0v) is 18.5. The van der Waals surface area contributed by atoms with Gasteiger partial charge in [-0.15, -0.1) is 10.2 Å². The summed E-state index contributed by atoms with van der Waals surface area (Å²) in [7, 11) is 0. The lowest BCUT2D eigenvalue weighted by Gasteiger charge is -2.22. The van der Waals surface area contributed by atoms with Crippen LogP contribution in [0.4, 0.5) is 5.69 Å². The minimum atomic E-state index is -0.0936. The fourth-order valence-corrected chi connectivity index (χ4v) is 3.95. The Morgan fingerprint density at radius 2 is 1.97 bits per heavy atom. The smallest absolute Gasteiger partial charge is 0.237 e. The fourth-order valence-electron chi connectivity index (χ4n) is 2.98. The number of anilines is 1. The molecule has 3 aromatic rings. The molecule has 0 atom stereocenters. The normalized spacial score (nSPS) is 10.6. The van der Waals surface area contributed by atoms with Gasteiger partial charge >= 0.3 is 0 Å². The quantitative estimate of drug-likeness (QED) is 0.478. The molecule has 0 radical (unpaired) electrons. The summed E-state index contributed by atoms with van der Waals surface area (Å²) < 4.78 is 2.00. The van der Waals surface area contributed by atoms with Crippen molar-refractivity contribution < 1.29 is 4.79 Å². The summed E-state index contributed by atoms with van der Waals surface area (Å²) in [6.07, 6.45) is 0.251. The van der Waals surface area contributed by atoms with Crippen molar-refractivity contribution in [3.8, 4) is 6.07 Å². The van der Waals surface area contributed by atoms with E-state index in [9.17, 15) is 4.79 Å². The first-order valence-electron chi connectivity index (χ1n) is 9.49. The molecule has 0 bridgehead atoms. The van der Waals surface area contributed by atoms with E-state index in [1.54, 1.807) is 17.0 Å². The summed E-state index contributed by atoms with van der Waals surface area (Å²) in [4.78, 5) is 14.6. The molecule has 154 valence electrons. The van der Waals surface area contributed by atoms with Crippen molar-refractivity contribution in [2.75, 3.05) is 17.2 Å². The number of aryl methyl sites for hydroxylation is 2. The van der Waals surface area contributed by atoms with Gasteiger partial charge in [0.05, 0.1) is 24.8 Å². The van der Waals surface area contributed by atoms with E-state index < -0.39 is 0 Å². The van der Waals surface area contributed by atoms with Crippen molar-refractivity contribution in [3.05, 3.63) is 70.5 Å². The summed E-state index contributed by atoms with van der Waals surface area (Å²) in [5, 5.41) is 18.7. The van der Waals surface area contributed by atoms with Crippen molar-refractivity contribution in [3.63, 3.8) is 0 Å². The highest BCUT2D eigenvalue weighted by atomic mass is 35.5. The van der Waals surface area contributed by atoms with E-state index in [0.29, 0.717) is 23.3 Å². The van der Waals surface area contributed by atoms with E-state index in [0.717, 1.165) is 22.6 Å². The average molecular weight is 440 g/mol. The van der Waals surface area contributed by atoms with Gasteiger partial charge in [0.1, 0.15) is 5.82 Å². The first-order chi connectivity index (χ1) is 14.5. The molecular formula is C22H22ClN5OS. The SMILES string of the molecule is Cc1cc(N(CCC#N)C(=O)CSc2nnc(C)n2Cc2ccccc2)ccc1Cl. The molecule has 1 amide bonds. The molecule has 8 heteroatoms. The summed E-state index contributed by atoms with van der Waals surface area (Å²) in [6, 6.07) is 17.6. The minimum absolute atomic E-state index is 0.0936. The predicted octanol–water partition coefficient (Wildman–Crippen LogP) is 4.64. The standard InChI is InChI=1S/C22H22ClN5OS/c1-16-13-19(9-10-20(16)23)27(12-6-11-24)21(29)15-30-22-26-25-17(2)28(22)14-18-7-4-3-5-8-18/h3-5,7-10,13H,6,12,14-15H2,1-2H3. The fraction of sp³-hybridized carbons (Fsp3) is 0.273. The average Bonchev–Trinajstić information content (AvgIpc) is 3.09. The summed E-state index contributed by atoms with van der Waals surface area (Å²) in [5.41, 5.74) is 2.76. The van der Waals surface area contributed by atoms with Gasteiger partial charge in [-0.1, -0.05) is 53.7 Å². The molecule has 0 fully saturated rings. The lowest BCUT2D eigenvalue weighted by Crippen LogP contribution is -2.33. The van der Waals surface area contributed by atoms with Gasteiger partial charge in [0.15, 0.2) is 5.16 Å². The Labute approximate surface area is 185 Å². The molecule has 6 nitrogen and oxygen atoms in total. The van der Waals surface area contributed by atoms with Gasteiger partial charge in [-0.2, -0.15) is 5.26 Å². The zero-order chi connectivity index (χ0) is 21.5. The van der Waals surface area contributed by atoms with E-state index >= 15 is 0 Å². The van der Waals surface area contributed by atoms with E-state index in [4.69, 9.17) is 16.9 Å². The molecule has 3 rings (SSSR count). The largest absolute Gasteiger partial charge is 0.311 e. The third kappa shape index (κ3) is 5.41. The minimum Gasteiger partial charge on any atom is -0.311 e. The maximum absolute atomic E-state index is 13.0. The number of carbonyl (C=O) groups is 1. The zero-order valence-electron chi connectivity index (χ0n) is 16.9. The van der Waals surface area contributed by atoms with Crippen LogP contribution in [0, 0.1) is 25.2 Å². The second-order valence-corrected chi connectivity index (χ2v) is 8.13. The second kappa shape index (κ2) is 10.3. The van der Waals surface area contributed by atoms with E-state index in [2.05, 4.69) is 16.3 Å². The number of benzene rings is 2. The maximum atomic E-state index is 13.0. The van der Waals surface area contributed by atoms with Crippen molar-refractivity contribution in [1.82, 2.24) is 14.8 Å². The molecule has 0 unspecified atom stereocenters. The number of hydrogen-bond acceptors (Lipinski definition) is 5. The molecule has 1 aromatic heterocycles. The van der Waals surface area contributed by atoms with Crippen LogP contribution in [0.3, 0.4) is 0 Å². The van der Waals surface area contributed by atoms with Crippen molar-refractivity contribution in [1.29, 1.82) is 5.26 Å². The second-order valence-electron chi connectivity index (χ2n) is 6.78. The van der Waals surface area contributed by atoms with E-state index in [-0.39, 0.29) is 18.1 Å². The molecule has 1 heterocycles. The monoisotopic (exact) mass is 439 g/mol. The summed E-state index contributed by atoms with van der Waals surface area (Å²) in [6.45, 7) is 4.76. The maximum Gasteiger partial charge on any atom is 0.237 e. The van der Waals surface area contributed by atoms with Crippen LogP contribution in [0.5, 0.6) is 0 Å². The number of nitriles is 1. The first-order valence-corrected chi connectivity index (χ1v) is 10.9. The number of hydrogen-bond donors (Lipinski definition) is 0. The molecule has 0 aliphatic carbocycles. The molecule has 0 saturated heterocycles.